The van der Waals surface area contributed by atoms with Crippen LogP contribution in [0.25, 0.3) is 0 Å². The van der Waals surface area contributed by atoms with Gasteiger partial charge in [-0.25, -0.2) is 0 Å². The van der Waals surface area contributed by atoms with Crippen LogP contribution in [0.15, 0.2) is 12.1 Å². The Hall–Kier alpha value is -1.50. The van der Waals surface area contributed by atoms with E-state index in [0.29, 0.717) is 18.4 Å². The van der Waals surface area contributed by atoms with Gasteiger partial charge < -0.3 is 14.2 Å². The Bertz CT molecular complexity index is 917. The molecule has 3 nitrogen and oxygen atoms in total. The Balaban J connectivity index is 1.17. The number of alkyl halides is 2. The monoisotopic (exact) mass is 598 g/mol. The average Bonchev–Trinajstić information content (AvgIpc) is 3.00. The van der Waals surface area contributed by atoms with Gasteiger partial charge in [0.15, 0.2) is 18.1 Å². The van der Waals surface area contributed by atoms with E-state index in [1.165, 1.54) is 70.3 Å². The summed E-state index contributed by atoms with van der Waals surface area (Å²) in [5, 5.41) is 0. The smallest absolute Gasteiger partial charge is 0.422 e. The minimum atomic E-state index is -3.76. The molecule has 3 saturated carbocycles. The number of hydrogen-bond donors (Lipinski definition) is 0. The zero-order valence-corrected chi connectivity index (χ0v) is 26.0. The molecule has 0 atom stereocenters. The fraction of sp³-hybridized carbons (Fsp3) is 0.829. The molecule has 4 rings (SSSR count). The van der Waals surface area contributed by atoms with E-state index in [-0.39, 0.29) is 11.9 Å². The van der Waals surface area contributed by atoms with Crippen LogP contribution in [0.1, 0.15) is 129 Å². The Kier molecular flexibility index (Phi) is 13.1. The molecule has 42 heavy (non-hydrogen) atoms. The molecule has 0 saturated heterocycles. The molecule has 0 bridgehead atoms. The Morgan fingerprint density at radius 3 is 1.83 bits per heavy atom. The van der Waals surface area contributed by atoms with Crippen molar-refractivity contribution < 1.29 is 31.8 Å². The summed E-state index contributed by atoms with van der Waals surface area (Å²) in [5.74, 6) is -0.384. The number of unbranched alkanes of at least 4 members (excludes halogenated alkanes) is 2. The maximum absolute atomic E-state index is 14.8. The summed E-state index contributed by atoms with van der Waals surface area (Å²) >= 11 is 0. The van der Waals surface area contributed by atoms with Crippen LogP contribution in [0.3, 0.4) is 0 Å². The molecule has 1 aromatic rings. The van der Waals surface area contributed by atoms with Crippen molar-refractivity contribution in [1.29, 1.82) is 0 Å². The summed E-state index contributed by atoms with van der Waals surface area (Å²) in [4.78, 5) is 0. The van der Waals surface area contributed by atoms with Gasteiger partial charge >= 0.3 is 6.11 Å². The zero-order valence-electron chi connectivity index (χ0n) is 26.0. The van der Waals surface area contributed by atoms with Crippen molar-refractivity contribution in [2.45, 2.75) is 142 Å². The highest BCUT2D eigenvalue weighted by atomic mass is 19.3. The first kappa shape index (κ1) is 33.4. The van der Waals surface area contributed by atoms with Gasteiger partial charge in [-0.2, -0.15) is 17.6 Å². The molecule has 240 valence electrons. The van der Waals surface area contributed by atoms with E-state index >= 15 is 0 Å². The molecule has 0 spiro atoms. The van der Waals surface area contributed by atoms with Crippen molar-refractivity contribution in [1.82, 2.24) is 0 Å². The van der Waals surface area contributed by atoms with Crippen molar-refractivity contribution in [2.75, 3.05) is 13.2 Å². The van der Waals surface area contributed by atoms with Crippen LogP contribution < -0.4 is 9.47 Å². The number of halogens is 4. The third kappa shape index (κ3) is 10.0. The van der Waals surface area contributed by atoms with Crippen molar-refractivity contribution in [3.05, 3.63) is 23.8 Å². The summed E-state index contributed by atoms with van der Waals surface area (Å²) in [7, 11) is 0. The predicted octanol–water partition coefficient (Wildman–Crippen LogP) is 10.9. The van der Waals surface area contributed by atoms with Crippen LogP contribution in [-0.2, 0) is 4.74 Å². The molecule has 1 aromatic carbocycles. The molecule has 0 aliphatic heterocycles. The molecule has 3 fully saturated rings. The van der Waals surface area contributed by atoms with Gasteiger partial charge in [-0.05, 0) is 106 Å². The van der Waals surface area contributed by atoms with Crippen molar-refractivity contribution in [3.8, 4) is 11.5 Å². The van der Waals surface area contributed by atoms with Gasteiger partial charge in [0.25, 0.3) is 0 Å². The number of ether oxygens (including phenoxy) is 3. The van der Waals surface area contributed by atoms with Gasteiger partial charge in [-0.1, -0.05) is 65.2 Å². The average molecular weight is 599 g/mol. The van der Waals surface area contributed by atoms with E-state index in [4.69, 9.17) is 9.47 Å². The lowest BCUT2D eigenvalue weighted by molar-refractivity contribution is -0.223. The lowest BCUT2D eigenvalue weighted by Gasteiger charge is -2.37. The Morgan fingerprint density at radius 1 is 0.667 bits per heavy atom. The maximum atomic E-state index is 14.8. The van der Waals surface area contributed by atoms with Gasteiger partial charge in [0.05, 0.1) is 12.7 Å². The van der Waals surface area contributed by atoms with Crippen LogP contribution in [0, 0.1) is 41.2 Å². The lowest BCUT2D eigenvalue weighted by Crippen LogP contribution is -2.34. The third-order valence-corrected chi connectivity index (χ3v) is 10.4. The third-order valence-electron chi connectivity index (χ3n) is 10.4. The SMILES string of the molecule is CCCCCC1CCC(OCC(F)(F)Oc2ccc(OCC3CCC(C4CCC(CCC)CC4)CC3)c(F)c2F)CC1. The second-order valence-electron chi connectivity index (χ2n) is 13.5. The molecule has 3 aliphatic carbocycles. The zero-order chi connectivity index (χ0) is 30.0. The molecule has 0 radical (unpaired) electrons. The molecule has 0 amide bonds. The summed E-state index contributed by atoms with van der Waals surface area (Å²) in [6.07, 6.45) is 16.7. The lowest BCUT2D eigenvalue weighted by atomic mass is 9.69. The number of rotatable bonds is 15. The standard InChI is InChI=1S/C35H54F4O3/c1-3-5-6-8-26-13-19-30(20-14-26)41-24-35(38,39)42-32-22-21-31(33(36)34(32)37)40-23-27-11-17-29(18-12-27)28-15-9-25(7-4-2)10-16-28/h21-22,25-30H,3-20,23-24H2,1-2H3. The highest BCUT2D eigenvalue weighted by molar-refractivity contribution is 5.35. The first-order valence-electron chi connectivity index (χ1n) is 17.1. The van der Waals surface area contributed by atoms with Crippen LogP contribution >= 0.6 is 0 Å². The molecular formula is C35H54F4O3. The first-order valence-corrected chi connectivity index (χ1v) is 17.1. The fourth-order valence-corrected chi connectivity index (χ4v) is 7.77. The minimum Gasteiger partial charge on any atom is -0.490 e. The highest BCUT2D eigenvalue weighted by Gasteiger charge is 2.36. The van der Waals surface area contributed by atoms with Crippen LogP contribution in [0.2, 0.25) is 0 Å². The molecule has 7 heteroatoms. The molecule has 0 aromatic heterocycles. The van der Waals surface area contributed by atoms with Crippen molar-refractivity contribution >= 4 is 0 Å². The van der Waals surface area contributed by atoms with Gasteiger partial charge in [-0.3, -0.25) is 0 Å². The van der Waals surface area contributed by atoms with E-state index in [1.807, 2.05) is 0 Å². The van der Waals surface area contributed by atoms with E-state index in [0.717, 1.165) is 75.2 Å². The number of benzene rings is 1. The summed E-state index contributed by atoms with van der Waals surface area (Å²) in [6.45, 7) is 3.77. The van der Waals surface area contributed by atoms with Gasteiger partial charge in [0.1, 0.15) is 0 Å². The predicted molar refractivity (Wildman–Crippen MR) is 159 cm³/mol. The molecule has 0 unspecified atom stereocenters. The van der Waals surface area contributed by atoms with Gasteiger partial charge in [0, 0.05) is 0 Å². The Labute approximate surface area is 251 Å². The van der Waals surface area contributed by atoms with E-state index in [2.05, 4.69) is 18.6 Å². The van der Waals surface area contributed by atoms with E-state index < -0.39 is 30.1 Å². The van der Waals surface area contributed by atoms with Gasteiger partial charge in [-0.15, -0.1) is 0 Å². The topological polar surface area (TPSA) is 27.7 Å². The van der Waals surface area contributed by atoms with Crippen LogP contribution in [-0.4, -0.2) is 25.4 Å². The molecule has 0 heterocycles. The van der Waals surface area contributed by atoms with Crippen molar-refractivity contribution in [2.24, 2.45) is 29.6 Å². The Morgan fingerprint density at radius 2 is 1.21 bits per heavy atom. The van der Waals surface area contributed by atoms with Gasteiger partial charge in [0.2, 0.25) is 11.6 Å². The maximum Gasteiger partial charge on any atom is 0.422 e. The first-order chi connectivity index (χ1) is 20.3. The summed E-state index contributed by atoms with van der Waals surface area (Å²) in [5.41, 5.74) is 0. The summed E-state index contributed by atoms with van der Waals surface area (Å²) in [6, 6.07) is 2.21. The van der Waals surface area contributed by atoms with E-state index in [1.54, 1.807) is 0 Å². The quantitative estimate of drug-likeness (QED) is 0.148. The molecular weight excluding hydrogens is 544 g/mol. The van der Waals surface area contributed by atoms with Crippen molar-refractivity contribution in [3.63, 3.8) is 0 Å². The second kappa shape index (κ2) is 16.5. The molecule has 0 N–H and O–H groups in total. The number of hydrogen-bond acceptors (Lipinski definition) is 3. The molecule has 3 aliphatic rings. The largest absolute Gasteiger partial charge is 0.490 e. The van der Waals surface area contributed by atoms with E-state index in [9.17, 15) is 17.6 Å². The highest BCUT2D eigenvalue weighted by Crippen LogP contribution is 2.42. The normalized spacial score (nSPS) is 28.9. The minimum absolute atomic E-state index is 0.254. The van der Waals surface area contributed by atoms with Crippen LogP contribution in [0.5, 0.6) is 11.5 Å². The fourth-order valence-electron chi connectivity index (χ4n) is 7.77. The summed E-state index contributed by atoms with van der Waals surface area (Å²) < 4.78 is 74.1. The van der Waals surface area contributed by atoms with Crippen LogP contribution in [0.4, 0.5) is 17.6 Å². The second-order valence-corrected chi connectivity index (χ2v) is 13.5.